The van der Waals surface area contributed by atoms with E-state index < -0.39 is 0 Å². The smallest absolute Gasteiger partial charge is 0.315 e. The number of carbonyl (C=O) groups is 1. The Morgan fingerprint density at radius 2 is 2.46 bits per heavy atom. The van der Waals surface area contributed by atoms with Gasteiger partial charge in [0.2, 0.25) is 0 Å². The molecule has 1 saturated heterocycles. The van der Waals surface area contributed by atoms with Gasteiger partial charge in [-0.15, -0.1) is 0 Å². The summed E-state index contributed by atoms with van der Waals surface area (Å²) in [4.78, 5) is 12.3. The van der Waals surface area contributed by atoms with Crippen molar-refractivity contribution in [1.29, 1.82) is 0 Å². The molecule has 0 aromatic heterocycles. The van der Waals surface area contributed by atoms with Crippen LogP contribution in [-0.2, 0) is 4.74 Å². The molecular weight excluding hydrogens is 172 g/mol. The third-order valence-electron chi connectivity index (χ3n) is 2.18. The standard InChI is InChI=1S/C8H16N2O3/c9-8(12)10-3-2-7(10)6-13-5-1-4-11/h7,11H,1-6H2,(H2,9,12). The third kappa shape index (κ3) is 2.86. The summed E-state index contributed by atoms with van der Waals surface area (Å²) < 4.78 is 5.25. The average Bonchev–Trinajstić information content (AvgIpc) is 2.01. The molecule has 1 aliphatic rings. The molecule has 0 saturated carbocycles. The molecule has 0 radical (unpaired) electrons. The molecule has 1 atom stereocenters. The van der Waals surface area contributed by atoms with E-state index in [2.05, 4.69) is 0 Å². The first-order valence-corrected chi connectivity index (χ1v) is 4.50. The van der Waals surface area contributed by atoms with Crippen LogP contribution in [0.1, 0.15) is 12.8 Å². The van der Waals surface area contributed by atoms with Crippen LogP contribution in [0, 0.1) is 0 Å². The van der Waals surface area contributed by atoms with Gasteiger partial charge >= 0.3 is 6.03 Å². The Bertz CT molecular complexity index is 175. The lowest BCUT2D eigenvalue weighted by Crippen LogP contribution is -2.55. The third-order valence-corrected chi connectivity index (χ3v) is 2.18. The van der Waals surface area contributed by atoms with Crippen LogP contribution in [0.5, 0.6) is 0 Å². The fraction of sp³-hybridized carbons (Fsp3) is 0.875. The quantitative estimate of drug-likeness (QED) is 0.573. The van der Waals surface area contributed by atoms with E-state index in [0.717, 1.165) is 13.0 Å². The number of nitrogens with two attached hydrogens (primary N) is 1. The number of carbonyl (C=O) groups excluding carboxylic acids is 1. The number of ether oxygens (including phenoxy) is 1. The van der Waals surface area contributed by atoms with E-state index in [9.17, 15) is 4.79 Å². The number of primary amides is 1. The topological polar surface area (TPSA) is 75.8 Å². The van der Waals surface area contributed by atoms with Gasteiger partial charge in [-0.1, -0.05) is 0 Å². The van der Waals surface area contributed by atoms with Crippen LogP contribution in [0.4, 0.5) is 4.79 Å². The highest BCUT2D eigenvalue weighted by molar-refractivity contribution is 5.73. The van der Waals surface area contributed by atoms with E-state index in [1.807, 2.05) is 0 Å². The Balaban J connectivity index is 2.05. The van der Waals surface area contributed by atoms with Gasteiger partial charge in [0.25, 0.3) is 0 Å². The Morgan fingerprint density at radius 3 is 2.92 bits per heavy atom. The summed E-state index contributed by atoms with van der Waals surface area (Å²) in [5.74, 6) is 0. The molecule has 0 aromatic carbocycles. The maximum absolute atomic E-state index is 10.7. The Hall–Kier alpha value is -0.810. The van der Waals surface area contributed by atoms with Crippen LogP contribution >= 0.6 is 0 Å². The number of urea groups is 1. The number of aliphatic hydroxyl groups excluding tert-OH is 1. The minimum Gasteiger partial charge on any atom is -0.396 e. The van der Waals surface area contributed by atoms with Crippen molar-refractivity contribution in [3.8, 4) is 0 Å². The van der Waals surface area contributed by atoms with Gasteiger partial charge < -0.3 is 20.5 Å². The molecule has 1 aliphatic heterocycles. The maximum atomic E-state index is 10.7. The van der Waals surface area contributed by atoms with Gasteiger partial charge in [-0.2, -0.15) is 0 Å². The van der Waals surface area contributed by atoms with E-state index in [1.54, 1.807) is 4.90 Å². The number of aliphatic hydroxyl groups is 1. The van der Waals surface area contributed by atoms with Gasteiger partial charge in [0.05, 0.1) is 12.6 Å². The second-order valence-electron chi connectivity index (χ2n) is 3.13. The molecule has 76 valence electrons. The highest BCUT2D eigenvalue weighted by Crippen LogP contribution is 2.16. The number of nitrogens with zero attached hydrogens (tertiary/aromatic N) is 1. The molecular formula is C8H16N2O3. The molecule has 5 nitrogen and oxygen atoms in total. The van der Waals surface area contributed by atoms with Crippen LogP contribution in [0.2, 0.25) is 0 Å². The summed E-state index contributed by atoms with van der Waals surface area (Å²) in [6, 6.07) is -0.224. The minimum atomic E-state index is -0.373. The summed E-state index contributed by atoms with van der Waals surface area (Å²) in [6.07, 6.45) is 1.60. The van der Waals surface area contributed by atoms with Crippen molar-refractivity contribution in [2.24, 2.45) is 5.73 Å². The molecule has 13 heavy (non-hydrogen) atoms. The highest BCUT2D eigenvalue weighted by atomic mass is 16.5. The molecule has 0 spiro atoms. The molecule has 5 heteroatoms. The number of amides is 2. The van der Waals surface area contributed by atoms with Crippen LogP contribution in [0.25, 0.3) is 0 Å². The van der Waals surface area contributed by atoms with Gasteiger partial charge in [0.1, 0.15) is 0 Å². The second kappa shape index (κ2) is 5.04. The lowest BCUT2D eigenvalue weighted by molar-refractivity contribution is 0.0258. The van der Waals surface area contributed by atoms with Crippen LogP contribution in [-0.4, -0.2) is 48.4 Å². The van der Waals surface area contributed by atoms with Gasteiger partial charge in [0.15, 0.2) is 0 Å². The predicted octanol–water partition coefficient (Wildman–Crippen LogP) is -0.462. The molecule has 3 N–H and O–H groups in total. The number of hydrogen-bond donors (Lipinski definition) is 2. The Morgan fingerprint density at radius 1 is 1.69 bits per heavy atom. The zero-order chi connectivity index (χ0) is 9.68. The molecule has 1 heterocycles. The lowest BCUT2D eigenvalue weighted by atomic mass is 10.1. The van der Waals surface area contributed by atoms with Crippen molar-refractivity contribution in [3.05, 3.63) is 0 Å². The fourth-order valence-electron chi connectivity index (χ4n) is 1.29. The number of hydrogen-bond acceptors (Lipinski definition) is 3. The molecule has 1 unspecified atom stereocenters. The average molecular weight is 188 g/mol. The van der Waals surface area contributed by atoms with Gasteiger partial charge in [0, 0.05) is 19.8 Å². The lowest BCUT2D eigenvalue weighted by Gasteiger charge is -2.39. The van der Waals surface area contributed by atoms with Crippen LogP contribution < -0.4 is 5.73 Å². The van der Waals surface area contributed by atoms with Gasteiger partial charge in [-0.05, 0) is 12.8 Å². The Labute approximate surface area is 77.5 Å². The minimum absolute atomic E-state index is 0.143. The summed E-state index contributed by atoms with van der Waals surface area (Å²) in [5.41, 5.74) is 5.11. The van der Waals surface area contributed by atoms with E-state index in [0.29, 0.717) is 19.6 Å². The zero-order valence-electron chi connectivity index (χ0n) is 7.61. The normalized spacial score (nSPS) is 21.3. The van der Waals surface area contributed by atoms with Crippen LogP contribution in [0.3, 0.4) is 0 Å². The van der Waals surface area contributed by atoms with Crippen molar-refractivity contribution in [2.45, 2.75) is 18.9 Å². The molecule has 0 aromatic rings. The van der Waals surface area contributed by atoms with Gasteiger partial charge in [-0.25, -0.2) is 4.79 Å². The summed E-state index contributed by atoms with van der Waals surface area (Å²) >= 11 is 0. The van der Waals surface area contributed by atoms with Crippen molar-refractivity contribution < 1.29 is 14.6 Å². The zero-order valence-corrected chi connectivity index (χ0v) is 7.61. The monoisotopic (exact) mass is 188 g/mol. The molecule has 1 rings (SSSR count). The first-order chi connectivity index (χ1) is 6.25. The summed E-state index contributed by atoms with van der Waals surface area (Å²) in [5, 5.41) is 8.48. The highest BCUT2D eigenvalue weighted by Gasteiger charge is 2.30. The van der Waals surface area contributed by atoms with Crippen molar-refractivity contribution in [1.82, 2.24) is 4.90 Å². The van der Waals surface area contributed by atoms with E-state index >= 15 is 0 Å². The molecule has 0 aliphatic carbocycles. The van der Waals surface area contributed by atoms with Crippen molar-refractivity contribution in [2.75, 3.05) is 26.4 Å². The van der Waals surface area contributed by atoms with E-state index in [1.165, 1.54) is 0 Å². The number of likely N-dealkylation sites (tertiary alicyclic amines) is 1. The maximum Gasteiger partial charge on any atom is 0.315 e. The second-order valence-corrected chi connectivity index (χ2v) is 3.13. The fourth-order valence-corrected chi connectivity index (χ4v) is 1.29. The Kier molecular flexibility index (Phi) is 3.98. The SMILES string of the molecule is NC(=O)N1CCC1COCCCO. The van der Waals surface area contributed by atoms with Crippen molar-refractivity contribution in [3.63, 3.8) is 0 Å². The van der Waals surface area contributed by atoms with Crippen molar-refractivity contribution >= 4 is 6.03 Å². The van der Waals surface area contributed by atoms with Gasteiger partial charge in [-0.3, -0.25) is 0 Å². The summed E-state index contributed by atoms with van der Waals surface area (Å²) in [6.45, 7) is 1.95. The van der Waals surface area contributed by atoms with Crippen LogP contribution in [0.15, 0.2) is 0 Å². The predicted molar refractivity (Wildman–Crippen MR) is 47.2 cm³/mol. The van der Waals surface area contributed by atoms with E-state index in [4.69, 9.17) is 15.6 Å². The number of rotatable bonds is 5. The summed E-state index contributed by atoms with van der Waals surface area (Å²) in [7, 11) is 0. The largest absolute Gasteiger partial charge is 0.396 e. The first kappa shape index (κ1) is 10.3. The first-order valence-electron chi connectivity index (χ1n) is 4.50. The van der Waals surface area contributed by atoms with E-state index in [-0.39, 0.29) is 18.7 Å². The molecule has 1 fully saturated rings. The molecule has 0 bridgehead atoms. The molecule has 2 amide bonds.